The van der Waals surface area contributed by atoms with E-state index >= 15 is 0 Å². The highest BCUT2D eigenvalue weighted by Gasteiger charge is 2.50. The fourth-order valence-corrected chi connectivity index (χ4v) is 7.90. The molecule has 42 heavy (non-hydrogen) atoms. The van der Waals surface area contributed by atoms with Crippen molar-refractivity contribution in [1.29, 1.82) is 0 Å². The zero-order valence-corrected chi connectivity index (χ0v) is 25.7. The molecule has 2 saturated heterocycles. The number of Topliss-reactive ketones (excluding diaryl/α,β-unsaturated/α-hetero) is 1. The Kier molecular flexibility index (Phi) is 10.4. The molecule has 1 aromatic rings. The standard InChI is InChI=1S/C26H41N7O7S.ClH/c1-25(2,38)20-14-29-31-33(20)17-13-19(32(15-17)24(37)18(27)12-16-6-4-3-5-7-16)23(36)30-26(21(34)22(28)35)8-10-41(39,40)11-9-26;/h14,16-19,38H,3-13,15,27H2,1-2H3,(H2,28,35)(H,30,36);1H/t17-,18+,19-;/m0./s1. The van der Waals surface area contributed by atoms with Crippen molar-refractivity contribution in [3.8, 4) is 0 Å². The van der Waals surface area contributed by atoms with E-state index in [1.165, 1.54) is 15.8 Å². The maximum Gasteiger partial charge on any atom is 0.287 e. The number of rotatable bonds is 9. The van der Waals surface area contributed by atoms with Crippen LogP contribution in [0.4, 0.5) is 0 Å². The van der Waals surface area contributed by atoms with Gasteiger partial charge in [-0.2, -0.15) is 0 Å². The fourth-order valence-electron chi connectivity index (χ4n) is 6.38. The molecule has 3 fully saturated rings. The molecule has 16 heteroatoms. The zero-order chi connectivity index (χ0) is 30.2. The Labute approximate surface area is 251 Å². The number of nitrogens with zero attached hydrogens (tertiary/aromatic N) is 4. The highest BCUT2D eigenvalue weighted by atomic mass is 35.5. The molecule has 1 aromatic heterocycles. The smallest absolute Gasteiger partial charge is 0.287 e. The molecule has 1 aliphatic carbocycles. The third-order valence-electron chi connectivity index (χ3n) is 8.74. The second kappa shape index (κ2) is 12.9. The molecule has 0 radical (unpaired) electrons. The number of carbonyl (C=O) groups excluding carboxylic acids is 4. The summed E-state index contributed by atoms with van der Waals surface area (Å²) in [7, 11) is -3.45. The fraction of sp³-hybridized carbons (Fsp3) is 0.769. The maximum absolute atomic E-state index is 13.8. The highest BCUT2D eigenvalue weighted by Crippen LogP contribution is 2.34. The second-order valence-electron chi connectivity index (χ2n) is 12.3. The first-order chi connectivity index (χ1) is 19.1. The van der Waals surface area contributed by atoms with Crippen molar-refractivity contribution in [3.05, 3.63) is 11.9 Å². The third kappa shape index (κ3) is 7.29. The molecule has 14 nitrogen and oxygen atoms in total. The van der Waals surface area contributed by atoms with E-state index in [9.17, 15) is 32.7 Å². The highest BCUT2D eigenvalue weighted by molar-refractivity contribution is 7.91. The van der Waals surface area contributed by atoms with Crippen LogP contribution >= 0.6 is 12.4 Å². The molecule has 0 aromatic carbocycles. The number of nitrogens with one attached hydrogen (secondary N) is 1. The predicted octanol–water partition coefficient (Wildman–Crippen LogP) is -0.515. The minimum absolute atomic E-state index is 0. The van der Waals surface area contributed by atoms with Crippen LogP contribution in [0.2, 0.25) is 0 Å². The number of sulfone groups is 1. The van der Waals surface area contributed by atoms with E-state index in [0.29, 0.717) is 18.0 Å². The predicted molar refractivity (Wildman–Crippen MR) is 154 cm³/mol. The molecular weight excluding hydrogens is 590 g/mol. The van der Waals surface area contributed by atoms with E-state index < -0.39 is 74.1 Å². The zero-order valence-electron chi connectivity index (χ0n) is 24.0. The average Bonchev–Trinajstić information content (AvgIpc) is 3.57. The molecule has 0 spiro atoms. The molecule has 4 rings (SSSR count). The van der Waals surface area contributed by atoms with Crippen molar-refractivity contribution in [2.45, 2.75) is 101 Å². The Bertz CT molecular complexity index is 1280. The number of amides is 3. The topological polar surface area (TPSA) is 221 Å². The van der Waals surface area contributed by atoms with Crippen LogP contribution in [0.3, 0.4) is 0 Å². The van der Waals surface area contributed by atoms with E-state index in [1.807, 2.05) is 0 Å². The van der Waals surface area contributed by atoms with E-state index in [2.05, 4.69) is 15.6 Å². The minimum Gasteiger partial charge on any atom is -0.384 e. The quantitative estimate of drug-likeness (QED) is 0.255. The van der Waals surface area contributed by atoms with Gasteiger partial charge in [-0.25, -0.2) is 13.1 Å². The first-order valence-electron chi connectivity index (χ1n) is 14.2. The van der Waals surface area contributed by atoms with Gasteiger partial charge in [-0.05, 0) is 39.0 Å². The van der Waals surface area contributed by atoms with Crippen LogP contribution in [-0.2, 0) is 34.6 Å². The van der Waals surface area contributed by atoms with Gasteiger partial charge in [-0.1, -0.05) is 37.3 Å². The SMILES string of the molecule is CC(C)(O)c1cnnn1[C@H]1C[C@@H](C(=O)NC2(C(=O)C(N)=O)CCS(=O)(=O)CC2)N(C(=O)[C@H](N)CC2CCCCC2)C1.Cl. The number of aromatic nitrogens is 3. The second-order valence-corrected chi connectivity index (χ2v) is 14.6. The number of primary amides is 1. The number of nitrogens with two attached hydrogens (primary N) is 2. The number of halogens is 1. The van der Waals surface area contributed by atoms with Crippen LogP contribution in [0.5, 0.6) is 0 Å². The van der Waals surface area contributed by atoms with Crippen LogP contribution in [0, 0.1) is 5.92 Å². The van der Waals surface area contributed by atoms with Gasteiger partial charge >= 0.3 is 0 Å². The van der Waals surface area contributed by atoms with Gasteiger partial charge in [0, 0.05) is 13.0 Å². The van der Waals surface area contributed by atoms with Gasteiger partial charge in [0.05, 0.1) is 35.5 Å². The van der Waals surface area contributed by atoms with Crippen molar-refractivity contribution in [1.82, 2.24) is 25.2 Å². The van der Waals surface area contributed by atoms with Crippen LogP contribution < -0.4 is 16.8 Å². The molecule has 1 saturated carbocycles. The van der Waals surface area contributed by atoms with Gasteiger partial charge in [0.2, 0.25) is 17.6 Å². The summed E-state index contributed by atoms with van der Waals surface area (Å²) in [6.45, 7) is 3.19. The maximum atomic E-state index is 13.8. The van der Waals surface area contributed by atoms with E-state index in [-0.39, 0.29) is 38.2 Å². The molecule has 236 valence electrons. The van der Waals surface area contributed by atoms with Crippen molar-refractivity contribution < 1.29 is 32.7 Å². The number of carbonyl (C=O) groups is 4. The van der Waals surface area contributed by atoms with Crippen molar-refractivity contribution in [2.75, 3.05) is 18.1 Å². The molecule has 0 bridgehead atoms. The Balaban J connectivity index is 0.00000484. The lowest BCUT2D eigenvalue weighted by molar-refractivity contribution is -0.145. The normalized spacial score (nSPS) is 24.8. The number of ketones is 1. The third-order valence-corrected chi connectivity index (χ3v) is 10.4. The summed E-state index contributed by atoms with van der Waals surface area (Å²) in [6.07, 6.45) is 6.65. The largest absolute Gasteiger partial charge is 0.384 e. The van der Waals surface area contributed by atoms with Gasteiger partial charge < -0.3 is 26.8 Å². The Hall–Kier alpha value is -2.62. The van der Waals surface area contributed by atoms with Gasteiger partial charge in [0.1, 0.15) is 17.2 Å². The molecule has 6 N–H and O–H groups in total. The Morgan fingerprint density at radius 2 is 1.79 bits per heavy atom. The summed E-state index contributed by atoms with van der Waals surface area (Å²) in [5, 5.41) is 21.3. The summed E-state index contributed by atoms with van der Waals surface area (Å²) in [5.74, 6) is -4.00. The Morgan fingerprint density at radius 1 is 1.17 bits per heavy atom. The lowest BCUT2D eigenvalue weighted by atomic mass is 9.84. The van der Waals surface area contributed by atoms with Gasteiger partial charge in [-0.3, -0.25) is 19.2 Å². The number of hydrogen-bond donors (Lipinski definition) is 4. The van der Waals surface area contributed by atoms with Crippen molar-refractivity contribution in [2.24, 2.45) is 17.4 Å². The van der Waals surface area contributed by atoms with E-state index in [4.69, 9.17) is 11.5 Å². The lowest BCUT2D eigenvalue weighted by Crippen LogP contribution is -2.64. The number of hydrogen-bond acceptors (Lipinski definition) is 10. The van der Waals surface area contributed by atoms with Gasteiger partial charge in [-0.15, -0.1) is 17.5 Å². The summed E-state index contributed by atoms with van der Waals surface area (Å²) < 4.78 is 25.7. The van der Waals surface area contributed by atoms with Crippen LogP contribution in [-0.4, -0.2) is 92.6 Å². The van der Waals surface area contributed by atoms with Gasteiger partial charge in [0.15, 0.2) is 9.84 Å². The molecule has 3 atom stereocenters. The molecular formula is C26H42ClN7O7S. The number of likely N-dealkylation sites (tertiary alicyclic amines) is 1. The molecule has 3 aliphatic rings. The molecule has 2 aliphatic heterocycles. The molecule has 3 heterocycles. The number of aliphatic hydroxyl groups is 1. The van der Waals surface area contributed by atoms with Crippen molar-refractivity contribution >= 4 is 45.7 Å². The van der Waals surface area contributed by atoms with Gasteiger partial charge in [0.25, 0.3) is 5.91 Å². The van der Waals surface area contributed by atoms with Crippen LogP contribution in [0.25, 0.3) is 0 Å². The summed E-state index contributed by atoms with van der Waals surface area (Å²) in [5.41, 5.74) is 8.98. The van der Waals surface area contributed by atoms with Crippen molar-refractivity contribution in [3.63, 3.8) is 0 Å². The monoisotopic (exact) mass is 631 g/mol. The Morgan fingerprint density at radius 3 is 2.36 bits per heavy atom. The summed E-state index contributed by atoms with van der Waals surface area (Å²) in [4.78, 5) is 53.7. The summed E-state index contributed by atoms with van der Waals surface area (Å²) >= 11 is 0. The molecule has 0 unspecified atom stereocenters. The first kappa shape index (κ1) is 33.9. The van der Waals surface area contributed by atoms with E-state index in [1.54, 1.807) is 13.8 Å². The summed E-state index contributed by atoms with van der Waals surface area (Å²) in [6, 6.07) is -2.49. The van der Waals surface area contributed by atoms with Crippen LogP contribution in [0.15, 0.2) is 6.20 Å². The lowest BCUT2D eigenvalue weighted by Gasteiger charge is -2.37. The van der Waals surface area contributed by atoms with E-state index in [0.717, 1.165) is 32.1 Å². The first-order valence-corrected chi connectivity index (χ1v) is 16.0. The average molecular weight is 632 g/mol. The van der Waals surface area contributed by atoms with Crippen LogP contribution in [0.1, 0.15) is 83.4 Å². The molecule has 3 amide bonds. The minimum atomic E-state index is -3.45.